The highest BCUT2D eigenvalue weighted by atomic mass is 15.2. The van der Waals surface area contributed by atoms with Crippen molar-refractivity contribution in [2.75, 3.05) is 11.4 Å². The summed E-state index contributed by atoms with van der Waals surface area (Å²) in [6.45, 7) is 5.58. The first kappa shape index (κ1) is 30.6. The van der Waals surface area contributed by atoms with Crippen molar-refractivity contribution in [3.05, 3.63) is 203 Å². The molecule has 10 rings (SSSR count). The number of nitrogens with zero attached hydrogens (tertiary/aromatic N) is 3. The van der Waals surface area contributed by atoms with E-state index in [9.17, 15) is 0 Å². The van der Waals surface area contributed by atoms with Crippen molar-refractivity contribution < 1.29 is 0 Å². The number of hydrogen-bond donors (Lipinski definition) is 2. The van der Waals surface area contributed by atoms with Gasteiger partial charge in [-0.2, -0.15) is 0 Å². The Morgan fingerprint density at radius 2 is 1.33 bits per heavy atom. The van der Waals surface area contributed by atoms with Gasteiger partial charge in [0, 0.05) is 40.4 Å². The van der Waals surface area contributed by atoms with Crippen LogP contribution in [0.15, 0.2) is 185 Å². The standard InChI is InChI=1S/C47H39N5/c1-47(2)39-22-13-12-21-36(39)37-29-42-38(28-40(37)47)43-41(23-14-24-48-43)52(42)35-26-33(30-15-6-3-7-16-30)25-34(27-35)46-50-44(31-17-8-4-9-18-31)49-45(51-46)32-19-10-5-11-20-32/h3-23,25-29,38,42,44,48H,24H2,1-2H3,(H,49,50,51). The normalized spacial score (nSPS) is 22.1. The molecular weight excluding hydrogens is 635 g/mol. The lowest BCUT2D eigenvalue weighted by molar-refractivity contribution is 0.604. The van der Waals surface area contributed by atoms with E-state index in [0.717, 1.165) is 51.7 Å². The third-order valence-electron chi connectivity index (χ3n) is 11.2. The van der Waals surface area contributed by atoms with Crippen molar-refractivity contribution in [3.8, 4) is 11.1 Å². The van der Waals surface area contributed by atoms with Crippen LogP contribution in [-0.2, 0) is 5.41 Å². The van der Waals surface area contributed by atoms with Gasteiger partial charge in [0.1, 0.15) is 11.7 Å². The van der Waals surface area contributed by atoms with Crippen LogP contribution in [0.1, 0.15) is 47.8 Å². The third kappa shape index (κ3) is 4.91. The Morgan fingerprint density at radius 3 is 2.10 bits per heavy atom. The Bertz CT molecular complexity index is 2410. The van der Waals surface area contributed by atoms with Gasteiger partial charge in [0.25, 0.3) is 0 Å². The molecule has 52 heavy (non-hydrogen) atoms. The third-order valence-corrected chi connectivity index (χ3v) is 11.2. The monoisotopic (exact) mass is 673 g/mol. The minimum absolute atomic E-state index is 0.0510. The van der Waals surface area contributed by atoms with Crippen LogP contribution in [0.3, 0.4) is 0 Å². The summed E-state index contributed by atoms with van der Waals surface area (Å²) >= 11 is 0. The number of allylic oxidation sites excluding steroid dienone is 3. The Balaban J connectivity index is 1.15. The molecule has 5 heteroatoms. The molecule has 3 unspecified atom stereocenters. The zero-order valence-electron chi connectivity index (χ0n) is 29.3. The van der Waals surface area contributed by atoms with Gasteiger partial charge in [-0.25, -0.2) is 9.98 Å². The molecule has 252 valence electrons. The minimum Gasteiger partial charge on any atom is -0.383 e. The molecule has 5 aromatic carbocycles. The van der Waals surface area contributed by atoms with Gasteiger partial charge in [-0.15, -0.1) is 0 Å². The fourth-order valence-corrected chi connectivity index (χ4v) is 8.70. The lowest BCUT2D eigenvalue weighted by Crippen LogP contribution is -2.37. The van der Waals surface area contributed by atoms with Crippen LogP contribution >= 0.6 is 0 Å². The smallest absolute Gasteiger partial charge is 0.169 e. The van der Waals surface area contributed by atoms with Crippen molar-refractivity contribution in [2.45, 2.75) is 31.5 Å². The van der Waals surface area contributed by atoms with Gasteiger partial charge in [0.05, 0.1) is 11.7 Å². The zero-order valence-corrected chi connectivity index (χ0v) is 29.3. The van der Waals surface area contributed by atoms with E-state index >= 15 is 0 Å². The molecule has 0 radical (unpaired) electrons. The van der Waals surface area contributed by atoms with Crippen molar-refractivity contribution in [2.24, 2.45) is 15.9 Å². The van der Waals surface area contributed by atoms with Gasteiger partial charge in [-0.1, -0.05) is 147 Å². The van der Waals surface area contributed by atoms with Crippen molar-refractivity contribution >= 4 is 22.9 Å². The van der Waals surface area contributed by atoms with Crippen molar-refractivity contribution in [1.82, 2.24) is 10.6 Å². The fraction of sp³-hybridized carbons (Fsp3) is 0.149. The maximum atomic E-state index is 5.29. The van der Waals surface area contributed by atoms with Crippen molar-refractivity contribution in [3.63, 3.8) is 0 Å². The number of anilines is 1. The van der Waals surface area contributed by atoms with Crippen LogP contribution in [0, 0.1) is 5.92 Å². The number of rotatable bonds is 5. The van der Waals surface area contributed by atoms with E-state index in [2.05, 4.69) is 175 Å². The lowest BCUT2D eigenvalue weighted by atomic mass is 9.77. The number of dihydropyridines is 1. The van der Waals surface area contributed by atoms with Gasteiger partial charge >= 0.3 is 0 Å². The van der Waals surface area contributed by atoms with Crippen LogP contribution in [0.25, 0.3) is 16.7 Å². The average Bonchev–Trinajstić information content (AvgIpc) is 3.65. The Labute approximate surface area is 305 Å². The largest absolute Gasteiger partial charge is 0.383 e. The molecule has 3 heterocycles. The maximum Gasteiger partial charge on any atom is 0.169 e. The summed E-state index contributed by atoms with van der Waals surface area (Å²) in [5.41, 5.74) is 14.6. The van der Waals surface area contributed by atoms with E-state index in [1.807, 2.05) is 12.1 Å². The zero-order chi connectivity index (χ0) is 34.8. The molecule has 0 aromatic heterocycles. The minimum atomic E-state index is -0.370. The van der Waals surface area contributed by atoms with Gasteiger partial charge in [-0.3, -0.25) is 0 Å². The predicted molar refractivity (Wildman–Crippen MR) is 213 cm³/mol. The Hall–Kier alpha value is -6.20. The van der Waals surface area contributed by atoms with Crippen molar-refractivity contribution in [1.29, 1.82) is 0 Å². The van der Waals surface area contributed by atoms with E-state index in [-0.39, 0.29) is 23.5 Å². The Morgan fingerprint density at radius 1 is 0.673 bits per heavy atom. The first-order chi connectivity index (χ1) is 25.5. The van der Waals surface area contributed by atoms with E-state index in [1.165, 1.54) is 33.7 Å². The molecular formula is C47H39N5. The van der Waals surface area contributed by atoms with E-state index in [4.69, 9.17) is 9.98 Å². The molecule has 0 amide bonds. The average molecular weight is 674 g/mol. The van der Waals surface area contributed by atoms with E-state index in [1.54, 1.807) is 0 Å². The van der Waals surface area contributed by atoms with E-state index in [0.29, 0.717) is 0 Å². The number of benzene rings is 5. The summed E-state index contributed by atoms with van der Waals surface area (Å²) in [5, 5.41) is 7.47. The van der Waals surface area contributed by atoms with Crippen LogP contribution in [0.2, 0.25) is 0 Å². The van der Waals surface area contributed by atoms with Gasteiger partial charge in [-0.05, 0) is 63.2 Å². The lowest BCUT2D eigenvalue weighted by Gasteiger charge is -2.34. The van der Waals surface area contributed by atoms with Gasteiger partial charge in [0.2, 0.25) is 0 Å². The summed E-state index contributed by atoms with van der Waals surface area (Å²) in [6.07, 6.45) is 9.28. The number of hydrogen-bond acceptors (Lipinski definition) is 5. The number of fused-ring (bicyclic) bond motifs is 5. The molecule has 5 aromatic rings. The SMILES string of the molecule is CC1(C)C2=CC3C4=C(C=CCN4)N(c4cc(C5=NC(c6ccccc6)N=C(c6ccccc6)N5)cc(-c5ccccc5)c4)C3C=C2c2ccccc21. The maximum absolute atomic E-state index is 5.29. The number of amidine groups is 2. The first-order valence-corrected chi connectivity index (χ1v) is 18.2. The molecule has 3 atom stereocenters. The second-order valence-corrected chi connectivity index (χ2v) is 14.7. The molecule has 5 aliphatic rings. The summed E-state index contributed by atoms with van der Waals surface area (Å²) < 4.78 is 0. The quantitative estimate of drug-likeness (QED) is 0.196. The van der Waals surface area contributed by atoms with Gasteiger partial charge < -0.3 is 15.5 Å². The molecule has 2 aliphatic carbocycles. The predicted octanol–water partition coefficient (Wildman–Crippen LogP) is 9.34. The first-order valence-electron chi connectivity index (χ1n) is 18.2. The second-order valence-electron chi connectivity index (χ2n) is 14.7. The van der Waals surface area contributed by atoms with Gasteiger partial charge in [0.15, 0.2) is 6.17 Å². The molecule has 0 spiro atoms. The van der Waals surface area contributed by atoms with E-state index < -0.39 is 0 Å². The van der Waals surface area contributed by atoms with Crippen LogP contribution in [0.5, 0.6) is 0 Å². The molecule has 0 fully saturated rings. The highest BCUT2D eigenvalue weighted by molar-refractivity contribution is 6.16. The molecule has 2 N–H and O–H groups in total. The number of aliphatic imine (C=N–C) groups is 2. The summed E-state index contributed by atoms with van der Waals surface area (Å²) in [4.78, 5) is 13.0. The highest BCUT2D eigenvalue weighted by Gasteiger charge is 2.47. The highest BCUT2D eigenvalue weighted by Crippen LogP contribution is 2.55. The number of nitrogens with one attached hydrogen (secondary N) is 2. The Kier molecular flexibility index (Phi) is 7.04. The van der Waals surface area contributed by atoms with Crippen LogP contribution in [0.4, 0.5) is 5.69 Å². The fourth-order valence-electron chi connectivity index (χ4n) is 8.70. The van der Waals surface area contributed by atoms with Crippen LogP contribution < -0.4 is 15.5 Å². The molecule has 0 saturated carbocycles. The second kappa shape index (κ2) is 12.0. The molecule has 3 aliphatic heterocycles. The summed E-state index contributed by atoms with van der Waals surface area (Å²) in [6, 6.07) is 47.4. The summed E-state index contributed by atoms with van der Waals surface area (Å²) in [7, 11) is 0. The molecule has 0 bridgehead atoms. The molecule has 0 saturated heterocycles. The van der Waals surface area contributed by atoms with Crippen LogP contribution in [-0.4, -0.2) is 24.3 Å². The topological polar surface area (TPSA) is 52.0 Å². The summed E-state index contributed by atoms with van der Waals surface area (Å²) in [5.74, 6) is 1.83. The molecule has 5 nitrogen and oxygen atoms in total.